The van der Waals surface area contributed by atoms with Crippen molar-refractivity contribution in [2.24, 2.45) is 0 Å². The van der Waals surface area contributed by atoms with Gasteiger partial charge in [0.05, 0.1) is 11.1 Å². The summed E-state index contributed by atoms with van der Waals surface area (Å²) >= 11 is 0. The van der Waals surface area contributed by atoms with Gasteiger partial charge in [-0.3, -0.25) is 9.59 Å². The molecule has 1 aromatic rings. The number of phenols is 1. The molecule has 22 heavy (non-hydrogen) atoms. The van der Waals surface area contributed by atoms with Crippen molar-refractivity contribution in [2.75, 3.05) is 6.54 Å². The number of alkyl halides is 3. The van der Waals surface area contributed by atoms with E-state index in [1.54, 1.807) is 0 Å². The Morgan fingerprint density at radius 1 is 1.41 bits per heavy atom. The van der Waals surface area contributed by atoms with Gasteiger partial charge in [-0.25, -0.2) is 0 Å². The van der Waals surface area contributed by atoms with E-state index < -0.39 is 29.0 Å². The highest BCUT2D eigenvalue weighted by Crippen LogP contribution is 2.32. The van der Waals surface area contributed by atoms with Crippen LogP contribution in [-0.2, 0) is 11.0 Å². The zero-order valence-electron chi connectivity index (χ0n) is 11.5. The largest absolute Gasteiger partial charge is 0.507 e. The molecule has 2 rings (SSSR count). The summed E-state index contributed by atoms with van der Waals surface area (Å²) in [7, 11) is 0. The van der Waals surface area contributed by atoms with Crippen LogP contribution in [0.1, 0.15) is 35.2 Å². The van der Waals surface area contributed by atoms with Gasteiger partial charge in [-0.1, -0.05) is 0 Å². The Labute approximate surface area is 124 Å². The van der Waals surface area contributed by atoms with Gasteiger partial charge in [0.15, 0.2) is 0 Å². The molecule has 1 fully saturated rings. The molecule has 3 N–H and O–H groups in total. The fraction of sp³-hybridized carbons (Fsp3) is 0.429. The molecule has 1 saturated heterocycles. The van der Waals surface area contributed by atoms with E-state index in [1.165, 1.54) is 0 Å². The average molecular weight is 316 g/mol. The van der Waals surface area contributed by atoms with Crippen LogP contribution in [0.15, 0.2) is 18.2 Å². The van der Waals surface area contributed by atoms with Crippen molar-refractivity contribution >= 4 is 11.8 Å². The van der Waals surface area contributed by atoms with Crippen LogP contribution in [0.2, 0.25) is 0 Å². The molecule has 0 saturated carbocycles. The highest BCUT2D eigenvalue weighted by atomic mass is 19.4. The van der Waals surface area contributed by atoms with Crippen molar-refractivity contribution in [1.29, 1.82) is 0 Å². The van der Waals surface area contributed by atoms with Crippen LogP contribution in [0.5, 0.6) is 5.75 Å². The molecule has 2 amide bonds. The monoisotopic (exact) mass is 316 g/mol. The van der Waals surface area contributed by atoms with Crippen molar-refractivity contribution in [2.45, 2.75) is 31.5 Å². The number of carbonyl (C=O) groups is 2. The van der Waals surface area contributed by atoms with Gasteiger partial charge in [-0.05, 0) is 31.0 Å². The maximum atomic E-state index is 12.6. The summed E-state index contributed by atoms with van der Waals surface area (Å²) in [4.78, 5) is 22.9. The minimum atomic E-state index is -4.59. The van der Waals surface area contributed by atoms with E-state index in [9.17, 15) is 27.9 Å². The lowest BCUT2D eigenvalue weighted by Crippen LogP contribution is -2.32. The topological polar surface area (TPSA) is 78.4 Å². The lowest BCUT2D eigenvalue weighted by molar-refractivity contribution is -0.137. The molecule has 120 valence electrons. The normalized spacial score (nSPS) is 18.1. The van der Waals surface area contributed by atoms with Crippen molar-refractivity contribution in [3.8, 4) is 5.75 Å². The third-order valence-corrected chi connectivity index (χ3v) is 3.43. The van der Waals surface area contributed by atoms with Gasteiger partial charge >= 0.3 is 6.18 Å². The number of carbonyl (C=O) groups excluding carboxylic acids is 2. The lowest BCUT2D eigenvalue weighted by Gasteiger charge is -2.12. The minimum Gasteiger partial charge on any atom is -0.507 e. The lowest BCUT2D eigenvalue weighted by atomic mass is 10.1. The number of rotatable bonds is 4. The van der Waals surface area contributed by atoms with Crippen LogP contribution in [0.3, 0.4) is 0 Å². The fourth-order valence-corrected chi connectivity index (χ4v) is 2.24. The Morgan fingerprint density at radius 2 is 2.14 bits per heavy atom. The molecule has 1 aromatic carbocycles. The molecule has 8 heteroatoms. The summed E-state index contributed by atoms with van der Waals surface area (Å²) < 4.78 is 37.8. The first-order valence-electron chi connectivity index (χ1n) is 6.75. The van der Waals surface area contributed by atoms with Crippen molar-refractivity contribution < 1.29 is 27.9 Å². The summed E-state index contributed by atoms with van der Waals surface area (Å²) in [5, 5.41) is 14.7. The number of amides is 2. The number of halogens is 3. The van der Waals surface area contributed by atoms with Crippen molar-refractivity contribution in [1.82, 2.24) is 10.6 Å². The summed E-state index contributed by atoms with van der Waals surface area (Å²) in [5.74, 6) is -1.35. The Hall–Kier alpha value is -2.25. The number of aromatic hydroxyl groups is 1. The SMILES string of the molecule is O=C1CCC(CCNC(=O)c2cc(C(F)(F)F)ccc2O)N1. The van der Waals surface area contributed by atoms with Crippen LogP contribution in [0, 0.1) is 0 Å². The molecule has 0 aliphatic carbocycles. The second-order valence-electron chi connectivity index (χ2n) is 5.08. The van der Waals surface area contributed by atoms with E-state index in [2.05, 4.69) is 10.6 Å². The minimum absolute atomic E-state index is 0.0390. The maximum Gasteiger partial charge on any atom is 0.416 e. The number of hydrogen-bond acceptors (Lipinski definition) is 3. The number of nitrogens with one attached hydrogen (secondary N) is 2. The first kappa shape index (κ1) is 16.1. The molecule has 0 radical (unpaired) electrons. The maximum absolute atomic E-state index is 12.6. The van der Waals surface area contributed by atoms with Crippen LogP contribution in [0.25, 0.3) is 0 Å². The first-order chi connectivity index (χ1) is 10.3. The summed E-state index contributed by atoms with van der Waals surface area (Å²) in [6.45, 7) is 0.194. The predicted octanol–water partition coefficient (Wildman–Crippen LogP) is 1.81. The second-order valence-corrected chi connectivity index (χ2v) is 5.08. The Bertz CT molecular complexity index is 587. The molecule has 5 nitrogen and oxygen atoms in total. The third-order valence-electron chi connectivity index (χ3n) is 3.43. The molecule has 1 atom stereocenters. The summed E-state index contributed by atoms with van der Waals surface area (Å²) in [6, 6.07) is 2.12. The Kier molecular flexibility index (Phi) is 4.58. The van der Waals surface area contributed by atoms with Gasteiger partial charge in [0.1, 0.15) is 5.75 Å². The van der Waals surface area contributed by atoms with Gasteiger partial charge in [0.25, 0.3) is 5.91 Å². The molecular weight excluding hydrogens is 301 g/mol. The van der Waals surface area contributed by atoms with Gasteiger partial charge < -0.3 is 15.7 Å². The van der Waals surface area contributed by atoms with Crippen molar-refractivity contribution in [3.05, 3.63) is 29.3 Å². The first-order valence-corrected chi connectivity index (χ1v) is 6.75. The van der Waals surface area contributed by atoms with E-state index in [0.717, 1.165) is 6.07 Å². The molecule has 0 spiro atoms. The molecule has 1 unspecified atom stereocenters. The molecule has 1 heterocycles. The van der Waals surface area contributed by atoms with E-state index >= 15 is 0 Å². The highest BCUT2D eigenvalue weighted by Gasteiger charge is 2.31. The second kappa shape index (κ2) is 6.25. The molecule has 0 aromatic heterocycles. The van der Waals surface area contributed by atoms with Crippen LogP contribution in [0.4, 0.5) is 13.2 Å². The van der Waals surface area contributed by atoms with Crippen LogP contribution in [-0.4, -0.2) is 29.5 Å². The van der Waals surface area contributed by atoms with Gasteiger partial charge in [-0.2, -0.15) is 13.2 Å². The van der Waals surface area contributed by atoms with E-state index in [4.69, 9.17) is 0 Å². The van der Waals surface area contributed by atoms with Gasteiger partial charge in [-0.15, -0.1) is 0 Å². The quantitative estimate of drug-likeness (QED) is 0.793. The average Bonchev–Trinajstić information content (AvgIpc) is 2.83. The Balaban J connectivity index is 1.95. The number of hydrogen-bond donors (Lipinski definition) is 3. The third kappa shape index (κ3) is 3.90. The molecular formula is C14H15F3N2O3. The molecule has 1 aliphatic rings. The highest BCUT2D eigenvalue weighted by molar-refractivity contribution is 5.97. The summed E-state index contributed by atoms with van der Waals surface area (Å²) in [5.41, 5.74) is -1.43. The van der Waals surface area contributed by atoms with Gasteiger partial charge in [0, 0.05) is 19.0 Å². The van der Waals surface area contributed by atoms with E-state index in [0.29, 0.717) is 31.4 Å². The van der Waals surface area contributed by atoms with Crippen molar-refractivity contribution in [3.63, 3.8) is 0 Å². The molecule has 0 bridgehead atoms. The van der Waals surface area contributed by atoms with Crippen LogP contribution >= 0.6 is 0 Å². The number of phenolic OH excluding ortho intramolecular Hbond substituents is 1. The Morgan fingerprint density at radius 3 is 2.73 bits per heavy atom. The number of benzene rings is 1. The van der Waals surface area contributed by atoms with E-state index in [1.807, 2.05) is 0 Å². The summed E-state index contributed by atoms with van der Waals surface area (Å²) in [6.07, 6.45) is -3.00. The van der Waals surface area contributed by atoms with Crippen LogP contribution < -0.4 is 10.6 Å². The molecule has 1 aliphatic heterocycles. The zero-order valence-corrected chi connectivity index (χ0v) is 11.5. The van der Waals surface area contributed by atoms with E-state index in [-0.39, 0.29) is 18.5 Å². The predicted molar refractivity (Wildman–Crippen MR) is 71.2 cm³/mol. The zero-order chi connectivity index (χ0) is 16.3. The standard InChI is InChI=1S/C14H15F3N2O3/c15-14(16,17)8-1-3-11(20)10(7-8)13(22)18-6-5-9-2-4-12(21)19-9/h1,3,7,9,20H,2,4-6H2,(H,18,22)(H,19,21). The van der Waals surface area contributed by atoms with Gasteiger partial charge in [0.2, 0.25) is 5.91 Å². The fourth-order valence-electron chi connectivity index (χ4n) is 2.24. The smallest absolute Gasteiger partial charge is 0.416 e.